The van der Waals surface area contributed by atoms with E-state index in [1.807, 2.05) is 30.3 Å². The van der Waals surface area contributed by atoms with Crippen molar-refractivity contribution < 1.29 is 13.2 Å². The lowest BCUT2D eigenvalue weighted by molar-refractivity contribution is 0.0918. The minimum absolute atomic E-state index is 0.0284. The van der Waals surface area contributed by atoms with Gasteiger partial charge in [-0.15, -0.1) is 0 Å². The summed E-state index contributed by atoms with van der Waals surface area (Å²) in [6.07, 6.45) is 1.23. The summed E-state index contributed by atoms with van der Waals surface area (Å²) in [4.78, 5) is 12.4. The highest BCUT2D eigenvalue weighted by Crippen LogP contribution is 2.18. The van der Waals surface area contributed by atoms with Gasteiger partial charge >= 0.3 is 0 Å². The zero-order chi connectivity index (χ0) is 17.9. The highest BCUT2D eigenvalue weighted by molar-refractivity contribution is 7.89. The van der Waals surface area contributed by atoms with Crippen LogP contribution in [0, 0.1) is 0 Å². The molecule has 7 nitrogen and oxygen atoms in total. The number of carbonyl (C=O) groups is 1. The van der Waals surface area contributed by atoms with Crippen LogP contribution in [0.4, 0.5) is 0 Å². The van der Waals surface area contributed by atoms with Gasteiger partial charge in [-0.25, -0.2) is 12.7 Å². The molecule has 2 N–H and O–H groups in total. The Morgan fingerprint density at radius 1 is 1.28 bits per heavy atom. The Morgan fingerprint density at radius 3 is 2.60 bits per heavy atom. The quantitative estimate of drug-likeness (QED) is 0.845. The Kier molecular flexibility index (Phi) is 5.19. The Labute approximate surface area is 147 Å². The first kappa shape index (κ1) is 17.6. The first-order valence-corrected chi connectivity index (χ1v) is 10.00. The molecule has 0 aliphatic carbocycles. The molecule has 1 saturated heterocycles. The number of nitrogens with zero attached hydrogens (tertiary/aromatic N) is 2. The number of rotatable bonds is 5. The molecule has 2 heterocycles. The van der Waals surface area contributed by atoms with Crippen LogP contribution in [-0.2, 0) is 10.0 Å². The van der Waals surface area contributed by atoms with Crippen molar-refractivity contribution in [2.75, 3.05) is 18.8 Å². The van der Waals surface area contributed by atoms with E-state index in [1.54, 1.807) is 13.0 Å². The molecule has 0 atom stereocenters. The van der Waals surface area contributed by atoms with Gasteiger partial charge in [0, 0.05) is 24.7 Å². The third kappa shape index (κ3) is 4.08. The van der Waals surface area contributed by atoms with Crippen LogP contribution in [0.2, 0.25) is 0 Å². The number of carbonyl (C=O) groups excluding carboxylic acids is 1. The third-order valence-corrected chi connectivity index (χ3v) is 6.32. The number of sulfonamides is 1. The van der Waals surface area contributed by atoms with Gasteiger partial charge in [0.25, 0.3) is 5.91 Å². The number of aromatic amines is 1. The molecule has 1 fully saturated rings. The second-order valence-electron chi connectivity index (χ2n) is 6.08. The zero-order valence-corrected chi connectivity index (χ0v) is 14.9. The number of amides is 1. The summed E-state index contributed by atoms with van der Waals surface area (Å²) in [5, 5.41) is 9.91. The highest BCUT2D eigenvalue weighted by atomic mass is 32.2. The van der Waals surface area contributed by atoms with Gasteiger partial charge in [-0.1, -0.05) is 30.3 Å². The van der Waals surface area contributed by atoms with Gasteiger partial charge in [0.2, 0.25) is 10.0 Å². The number of aromatic nitrogens is 2. The minimum atomic E-state index is -3.15. The van der Waals surface area contributed by atoms with Crippen LogP contribution < -0.4 is 5.32 Å². The monoisotopic (exact) mass is 362 g/mol. The van der Waals surface area contributed by atoms with E-state index < -0.39 is 10.0 Å². The van der Waals surface area contributed by atoms with E-state index in [-0.39, 0.29) is 17.7 Å². The Balaban J connectivity index is 1.58. The average Bonchev–Trinajstić information content (AvgIpc) is 3.13. The molecule has 0 bridgehead atoms. The van der Waals surface area contributed by atoms with Crippen LogP contribution in [0.3, 0.4) is 0 Å². The molecule has 1 aliphatic rings. The standard InChI is InChI=1S/C17H22N4O3S/c1-2-25(23,24)21-10-8-14(9-11-21)18-17(22)16-12-15(19-20-16)13-6-4-3-5-7-13/h3-7,12,14H,2,8-11H2,1H3,(H,18,22)(H,19,20). The van der Waals surface area contributed by atoms with Crippen molar-refractivity contribution in [3.63, 3.8) is 0 Å². The molecular weight excluding hydrogens is 340 g/mol. The van der Waals surface area contributed by atoms with Crippen LogP contribution in [-0.4, -0.2) is 53.7 Å². The molecule has 2 aromatic rings. The zero-order valence-electron chi connectivity index (χ0n) is 14.1. The SMILES string of the molecule is CCS(=O)(=O)N1CCC(NC(=O)c2cc(-c3ccccc3)n[nH]2)CC1. The predicted octanol–water partition coefficient (Wildman–Crippen LogP) is 1.62. The molecule has 0 spiro atoms. The van der Waals surface area contributed by atoms with Gasteiger partial charge in [0.1, 0.15) is 5.69 Å². The van der Waals surface area contributed by atoms with E-state index in [9.17, 15) is 13.2 Å². The number of hydrogen-bond donors (Lipinski definition) is 2. The van der Waals surface area contributed by atoms with Crippen LogP contribution in [0.25, 0.3) is 11.3 Å². The van der Waals surface area contributed by atoms with Crippen LogP contribution in [0.5, 0.6) is 0 Å². The molecule has 3 rings (SSSR count). The van der Waals surface area contributed by atoms with E-state index >= 15 is 0 Å². The van der Waals surface area contributed by atoms with Crippen LogP contribution in [0.1, 0.15) is 30.3 Å². The molecule has 1 aliphatic heterocycles. The lowest BCUT2D eigenvalue weighted by Crippen LogP contribution is -2.46. The van der Waals surface area contributed by atoms with E-state index in [0.29, 0.717) is 31.6 Å². The van der Waals surface area contributed by atoms with Crippen molar-refractivity contribution in [2.24, 2.45) is 0 Å². The van der Waals surface area contributed by atoms with Crippen molar-refractivity contribution in [1.82, 2.24) is 19.8 Å². The first-order chi connectivity index (χ1) is 12.0. The minimum Gasteiger partial charge on any atom is -0.348 e. The summed E-state index contributed by atoms with van der Waals surface area (Å²) in [5.41, 5.74) is 2.06. The van der Waals surface area contributed by atoms with E-state index in [4.69, 9.17) is 0 Å². The van der Waals surface area contributed by atoms with Crippen molar-refractivity contribution >= 4 is 15.9 Å². The fourth-order valence-corrected chi connectivity index (χ4v) is 4.05. The van der Waals surface area contributed by atoms with Crippen LogP contribution in [0.15, 0.2) is 36.4 Å². The van der Waals surface area contributed by atoms with E-state index in [0.717, 1.165) is 11.3 Å². The molecule has 25 heavy (non-hydrogen) atoms. The van der Waals surface area contributed by atoms with Gasteiger partial charge < -0.3 is 5.32 Å². The molecule has 134 valence electrons. The van der Waals surface area contributed by atoms with Crippen molar-refractivity contribution in [2.45, 2.75) is 25.8 Å². The van der Waals surface area contributed by atoms with E-state index in [2.05, 4.69) is 15.5 Å². The summed E-state index contributed by atoms with van der Waals surface area (Å²) in [5.74, 6) is -0.105. The number of benzene rings is 1. The Hall–Kier alpha value is -2.19. The van der Waals surface area contributed by atoms with Gasteiger partial charge in [-0.05, 0) is 25.8 Å². The smallest absolute Gasteiger partial charge is 0.269 e. The molecular formula is C17H22N4O3S. The predicted molar refractivity (Wildman–Crippen MR) is 95.5 cm³/mol. The molecule has 0 saturated carbocycles. The van der Waals surface area contributed by atoms with Crippen molar-refractivity contribution in [3.8, 4) is 11.3 Å². The highest BCUT2D eigenvalue weighted by Gasteiger charge is 2.27. The topological polar surface area (TPSA) is 95.2 Å². The van der Waals surface area contributed by atoms with Gasteiger partial charge in [0.15, 0.2) is 0 Å². The number of H-pyrrole nitrogens is 1. The molecule has 1 aromatic heterocycles. The lowest BCUT2D eigenvalue weighted by atomic mass is 10.1. The summed E-state index contributed by atoms with van der Waals surface area (Å²) >= 11 is 0. The summed E-state index contributed by atoms with van der Waals surface area (Å²) in [6.45, 7) is 2.53. The fraction of sp³-hybridized carbons (Fsp3) is 0.412. The van der Waals surface area contributed by atoms with Crippen LogP contribution >= 0.6 is 0 Å². The maximum absolute atomic E-state index is 12.4. The third-order valence-electron chi connectivity index (χ3n) is 4.44. The van der Waals surface area contributed by atoms with Crippen molar-refractivity contribution in [1.29, 1.82) is 0 Å². The number of nitrogens with one attached hydrogen (secondary N) is 2. The van der Waals surface area contributed by atoms with Gasteiger partial charge in [-0.2, -0.15) is 5.10 Å². The second-order valence-corrected chi connectivity index (χ2v) is 8.34. The van der Waals surface area contributed by atoms with Gasteiger partial charge in [0.05, 0.1) is 11.4 Å². The average molecular weight is 362 g/mol. The molecule has 0 radical (unpaired) electrons. The maximum atomic E-state index is 12.4. The normalized spacial score (nSPS) is 16.7. The van der Waals surface area contributed by atoms with Crippen molar-refractivity contribution in [3.05, 3.63) is 42.1 Å². The fourth-order valence-electron chi connectivity index (χ4n) is 2.92. The molecule has 8 heteroatoms. The van der Waals surface area contributed by atoms with Gasteiger partial charge in [-0.3, -0.25) is 9.89 Å². The summed E-state index contributed by atoms with van der Waals surface area (Å²) in [7, 11) is -3.15. The summed E-state index contributed by atoms with van der Waals surface area (Å²) in [6, 6.07) is 11.3. The molecule has 1 amide bonds. The largest absolute Gasteiger partial charge is 0.348 e. The molecule has 1 aromatic carbocycles. The number of hydrogen-bond acceptors (Lipinski definition) is 4. The second kappa shape index (κ2) is 7.37. The first-order valence-electron chi connectivity index (χ1n) is 8.39. The Bertz CT molecular complexity index is 825. The lowest BCUT2D eigenvalue weighted by Gasteiger charge is -2.31. The molecule has 0 unspecified atom stereocenters. The maximum Gasteiger partial charge on any atom is 0.269 e. The van der Waals surface area contributed by atoms with E-state index in [1.165, 1.54) is 4.31 Å². The Morgan fingerprint density at radius 2 is 1.96 bits per heavy atom. The number of piperidine rings is 1. The summed E-state index contributed by atoms with van der Waals surface area (Å²) < 4.78 is 25.2.